The summed E-state index contributed by atoms with van der Waals surface area (Å²) in [6.45, 7) is 6.86. The largest absolute Gasteiger partial charge is 0.0613 e. The molecular weight excluding hydrogens is 284 g/mol. The Labute approximate surface area is 117 Å². The van der Waals surface area contributed by atoms with Crippen LogP contribution in [0.1, 0.15) is 37.5 Å². The molecule has 18 heavy (non-hydrogen) atoms. The van der Waals surface area contributed by atoms with E-state index >= 15 is 0 Å². The van der Waals surface area contributed by atoms with Crippen LogP contribution in [0.15, 0.2) is 40.9 Å². The van der Waals surface area contributed by atoms with Crippen LogP contribution in [0.3, 0.4) is 0 Å². The number of hydrogen-bond donors (Lipinski definition) is 0. The van der Waals surface area contributed by atoms with Crippen molar-refractivity contribution in [2.75, 3.05) is 0 Å². The molecule has 0 unspecified atom stereocenters. The van der Waals surface area contributed by atoms with Crippen LogP contribution in [-0.2, 0) is 11.8 Å². The Morgan fingerprint density at radius 1 is 1.06 bits per heavy atom. The Kier molecular flexibility index (Phi) is 2.63. The lowest BCUT2D eigenvalue weighted by Crippen LogP contribution is -2.15. The van der Waals surface area contributed by atoms with Crippen molar-refractivity contribution < 1.29 is 0 Å². The number of halogens is 1. The summed E-state index contributed by atoms with van der Waals surface area (Å²) in [6, 6.07) is 13.4. The molecule has 0 heterocycles. The van der Waals surface area contributed by atoms with Gasteiger partial charge in [0.05, 0.1) is 0 Å². The van der Waals surface area contributed by atoms with E-state index in [9.17, 15) is 0 Å². The van der Waals surface area contributed by atoms with Crippen molar-refractivity contribution in [3.63, 3.8) is 0 Å². The van der Waals surface area contributed by atoms with Crippen molar-refractivity contribution in [2.24, 2.45) is 0 Å². The molecule has 0 amide bonds. The smallest absolute Gasteiger partial charge is 0.0256 e. The number of benzene rings is 2. The molecule has 0 fully saturated rings. The summed E-state index contributed by atoms with van der Waals surface area (Å²) in [5.41, 5.74) is 7.19. The highest BCUT2D eigenvalue weighted by Gasteiger charge is 2.36. The molecule has 92 valence electrons. The van der Waals surface area contributed by atoms with Gasteiger partial charge in [0, 0.05) is 15.5 Å². The molecule has 2 aromatic carbocycles. The van der Waals surface area contributed by atoms with E-state index in [0.29, 0.717) is 0 Å². The fraction of sp³-hybridized carbons (Fsp3) is 0.294. The molecule has 0 spiro atoms. The second-order valence-electron chi connectivity index (χ2n) is 5.52. The summed E-state index contributed by atoms with van der Waals surface area (Å²) in [5.74, 6) is 0. The van der Waals surface area contributed by atoms with Gasteiger partial charge in [-0.05, 0) is 34.7 Å². The standard InChI is InChI=1S/C17H17Br/c1-4-11-8-9-12-14(10-11)17(2,3)13-6-5-7-15(18)16(12)13/h5-10H,4H2,1-3H3. The second kappa shape index (κ2) is 3.96. The minimum absolute atomic E-state index is 0.111. The summed E-state index contributed by atoms with van der Waals surface area (Å²) in [5, 5.41) is 0. The molecule has 1 heteroatoms. The summed E-state index contributed by atoms with van der Waals surface area (Å²) >= 11 is 3.70. The lowest BCUT2D eigenvalue weighted by molar-refractivity contribution is 0.659. The summed E-state index contributed by atoms with van der Waals surface area (Å²) < 4.78 is 1.20. The molecule has 1 aliphatic carbocycles. The van der Waals surface area contributed by atoms with Crippen LogP contribution in [0.5, 0.6) is 0 Å². The molecule has 0 radical (unpaired) electrons. The molecular formula is C17H17Br. The van der Waals surface area contributed by atoms with E-state index in [1.54, 1.807) is 0 Å². The SMILES string of the molecule is CCc1ccc2c(c1)C(C)(C)c1cccc(Br)c1-2. The van der Waals surface area contributed by atoms with Gasteiger partial charge in [-0.25, -0.2) is 0 Å². The monoisotopic (exact) mass is 300 g/mol. The van der Waals surface area contributed by atoms with Gasteiger partial charge in [0.2, 0.25) is 0 Å². The molecule has 0 aliphatic heterocycles. The van der Waals surface area contributed by atoms with Crippen molar-refractivity contribution in [3.8, 4) is 11.1 Å². The van der Waals surface area contributed by atoms with Gasteiger partial charge in [0.1, 0.15) is 0 Å². The lowest BCUT2D eigenvalue weighted by atomic mass is 9.82. The van der Waals surface area contributed by atoms with E-state index < -0.39 is 0 Å². The normalized spacial score (nSPS) is 15.3. The highest BCUT2D eigenvalue weighted by molar-refractivity contribution is 9.10. The van der Waals surface area contributed by atoms with Crippen molar-refractivity contribution in [2.45, 2.75) is 32.6 Å². The Balaban J connectivity index is 2.36. The van der Waals surface area contributed by atoms with Crippen LogP contribution in [0, 0.1) is 0 Å². The fourth-order valence-electron chi connectivity index (χ4n) is 3.01. The number of hydrogen-bond acceptors (Lipinski definition) is 0. The number of aryl methyl sites for hydroxylation is 1. The topological polar surface area (TPSA) is 0 Å². The molecule has 0 atom stereocenters. The first-order chi connectivity index (χ1) is 8.55. The van der Waals surface area contributed by atoms with Gasteiger partial charge in [0.25, 0.3) is 0 Å². The van der Waals surface area contributed by atoms with Crippen LogP contribution in [0.2, 0.25) is 0 Å². The average Bonchev–Trinajstić information content (AvgIpc) is 2.59. The van der Waals surface area contributed by atoms with Crippen molar-refractivity contribution >= 4 is 15.9 Å². The maximum Gasteiger partial charge on any atom is 0.0256 e. The van der Waals surface area contributed by atoms with Crippen molar-refractivity contribution in [3.05, 3.63) is 57.6 Å². The summed E-state index contributed by atoms with van der Waals surface area (Å²) in [4.78, 5) is 0. The van der Waals surface area contributed by atoms with Crippen LogP contribution < -0.4 is 0 Å². The second-order valence-corrected chi connectivity index (χ2v) is 6.38. The van der Waals surface area contributed by atoms with Crippen LogP contribution in [0.25, 0.3) is 11.1 Å². The highest BCUT2D eigenvalue weighted by Crippen LogP contribution is 2.51. The van der Waals surface area contributed by atoms with Crippen LogP contribution >= 0.6 is 15.9 Å². The molecule has 0 aromatic heterocycles. The third-order valence-corrected chi connectivity index (χ3v) is 4.78. The zero-order valence-corrected chi connectivity index (χ0v) is 12.6. The van der Waals surface area contributed by atoms with Gasteiger partial charge < -0.3 is 0 Å². The van der Waals surface area contributed by atoms with E-state index in [1.165, 1.54) is 32.3 Å². The molecule has 0 N–H and O–H groups in total. The third-order valence-electron chi connectivity index (χ3n) is 4.12. The highest BCUT2D eigenvalue weighted by atomic mass is 79.9. The van der Waals surface area contributed by atoms with Gasteiger partial charge in [-0.1, -0.05) is 67.0 Å². The van der Waals surface area contributed by atoms with Gasteiger partial charge in [-0.3, -0.25) is 0 Å². The maximum atomic E-state index is 3.70. The van der Waals surface area contributed by atoms with Gasteiger partial charge in [0.15, 0.2) is 0 Å². The summed E-state index contributed by atoms with van der Waals surface area (Å²) in [6.07, 6.45) is 1.10. The van der Waals surface area contributed by atoms with Crippen LogP contribution in [-0.4, -0.2) is 0 Å². The minimum Gasteiger partial charge on any atom is -0.0613 e. The first-order valence-electron chi connectivity index (χ1n) is 6.48. The Morgan fingerprint density at radius 3 is 2.56 bits per heavy atom. The molecule has 0 nitrogen and oxygen atoms in total. The zero-order valence-electron chi connectivity index (χ0n) is 11.0. The number of fused-ring (bicyclic) bond motifs is 3. The Bertz CT molecular complexity index is 624. The molecule has 3 rings (SSSR count). The fourth-order valence-corrected chi connectivity index (χ4v) is 3.59. The van der Waals surface area contributed by atoms with Crippen molar-refractivity contribution in [1.82, 2.24) is 0 Å². The lowest BCUT2D eigenvalue weighted by Gasteiger charge is -2.21. The van der Waals surface area contributed by atoms with E-state index in [2.05, 4.69) is 73.1 Å². The number of rotatable bonds is 1. The first-order valence-corrected chi connectivity index (χ1v) is 7.27. The van der Waals surface area contributed by atoms with Gasteiger partial charge in [-0.15, -0.1) is 0 Å². The molecule has 0 saturated heterocycles. The van der Waals surface area contributed by atoms with E-state index in [4.69, 9.17) is 0 Å². The van der Waals surface area contributed by atoms with Gasteiger partial charge >= 0.3 is 0 Å². The molecule has 0 saturated carbocycles. The van der Waals surface area contributed by atoms with E-state index in [-0.39, 0.29) is 5.41 Å². The van der Waals surface area contributed by atoms with Crippen molar-refractivity contribution in [1.29, 1.82) is 0 Å². The molecule has 2 aromatic rings. The van der Waals surface area contributed by atoms with E-state index in [0.717, 1.165) is 6.42 Å². The minimum atomic E-state index is 0.111. The zero-order chi connectivity index (χ0) is 12.9. The van der Waals surface area contributed by atoms with E-state index in [1.807, 2.05) is 0 Å². The Morgan fingerprint density at radius 2 is 1.83 bits per heavy atom. The Hall–Kier alpha value is -1.08. The molecule has 1 aliphatic rings. The maximum absolute atomic E-state index is 3.70. The first kappa shape index (κ1) is 12.0. The predicted octanol–water partition coefficient (Wildman–Crippen LogP) is 5.32. The quantitative estimate of drug-likeness (QED) is 0.669. The van der Waals surface area contributed by atoms with Crippen LogP contribution in [0.4, 0.5) is 0 Å². The summed E-state index contributed by atoms with van der Waals surface area (Å²) in [7, 11) is 0. The third kappa shape index (κ3) is 1.50. The molecule has 0 bridgehead atoms. The van der Waals surface area contributed by atoms with Gasteiger partial charge in [-0.2, -0.15) is 0 Å². The average molecular weight is 301 g/mol. The predicted molar refractivity (Wildman–Crippen MR) is 81.1 cm³/mol.